The van der Waals surface area contributed by atoms with Gasteiger partial charge in [0.2, 0.25) is 0 Å². The highest BCUT2D eigenvalue weighted by Gasteiger charge is 2.08. The zero-order valence-corrected chi connectivity index (χ0v) is 8.11. The highest BCUT2D eigenvalue weighted by Crippen LogP contribution is 2.15. The second-order valence-electron chi connectivity index (χ2n) is 3.26. The molecule has 15 heavy (non-hydrogen) atoms. The Hall–Kier alpha value is -1.81. The average molecular weight is 201 g/mol. The van der Waals surface area contributed by atoms with Gasteiger partial charge in [-0.15, -0.1) is 0 Å². The minimum Gasteiger partial charge on any atom is -0.388 e. The summed E-state index contributed by atoms with van der Waals surface area (Å²) in [4.78, 5) is 3.99. The van der Waals surface area contributed by atoms with Gasteiger partial charge in [0.15, 0.2) is 0 Å². The van der Waals surface area contributed by atoms with Gasteiger partial charge in [0, 0.05) is 30.6 Å². The standard InChI is InChI=1S/C11H11N3O/c15-11(10-3-5-13-14-8-10)6-9-2-1-4-12-7-9/h1-5,7-8,11,15H,6H2. The first kappa shape index (κ1) is 9.73. The molecule has 0 aliphatic heterocycles. The molecule has 0 amide bonds. The Morgan fingerprint density at radius 3 is 2.73 bits per heavy atom. The molecular formula is C11H11N3O. The Bertz CT molecular complexity index is 405. The second kappa shape index (κ2) is 4.61. The van der Waals surface area contributed by atoms with Crippen LogP contribution in [0.2, 0.25) is 0 Å². The molecule has 4 nitrogen and oxygen atoms in total. The highest BCUT2D eigenvalue weighted by molar-refractivity contribution is 5.16. The molecule has 0 saturated carbocycles. The van der Waals surface area contributed by atoms with Gasteiger partial charge in [-0.05, 0) is 17.7 Å². The number of aliphatic hydroxyl groups excluding tert-OH is 1. The van der Waals surface area contributed by atoms with Crippen LogP contribution in [0.25, 0.3) is 0 Å². The molecular weight excluding hydrogens is 190 g/mol. The maximum atomic E-state index is 9.88. The smallest absolute Gasteiger partial charge is 0.0847 e. The van der Waals surface area contributed by atoms with Crippen molar-refractivity contribution in [1.29, 1.82) is 0 Å². The van der Waals surface area contributed by atoms with Crippen LogP contribution in [0.3, 0.4) is 0 Å². The van der Waals surface area contributed by atoms with Crippen LogP contribution in [-0.2, 0) is 6.42 Å². The monoisotopic (exact) mass is 201 g/mol. The van der Waals surface area contributed by atoms with E-state index < -0.39 is 6.10 Å². The maximum absolute atomic E-state index is 9.88. The first-order valence-corrected chi connectivity index (χ1v) is 4.70. The predicted molar refractivity (Wildman–Crippen MR) is 54.9 cm³/mol. The number of hydrogen-bond acceptors (Lipinski definition) is 4. The quantitative estimate of drug-likeness (QED) is 0.809. The van der Waals surface area contributed by atoms with E-state index in [4.69, 9.17) is 0 Å². The lowest BCUT2D eigenvalue weighted by atomic mass is 10.1. The number of hydrogen-bond donors (Lipinski definition) is 1. The third kappa shape index (κ3) is 2.57. The van der Waals surface area contributed by atoms with Crippen LogP contribution in [0.4, 0.5) is 0 Å². The van der Waals surface area contributed by atoms with Crippen molar-refractivity contribution in [3.8, 4) is 0 Å². The van der Waals surface area contributed by atoms with E-state index in [-0.39, 0.29) is 0 Å². The maximum Gasteiger partial charge on any atom is 0.0847 e. The molecule has 76 valence electrons. The summed E-state index contributed by atoms with van der Waals surface area (Å²) in [6, 6.07) is 5.55. The van der Waals surface area contributed by atoms with Crippen molar-refractivity contribution in [3.63, 3.8) is 0 Å². The molecule has 2 aromatic rings. The lowest BCUT2D eigenvalue weighted by Crippen LogP contribution is -2.02. The predicted octanol–water partition coefficient (Wildman–Crippen LogP) is 1.15. The molecule has 0 bridgehead atoms. The molecule has 0 aliphatic carbocycles. The Kier molecular flexibility index (Phi) is 2.99. The van der Waals surface area contributed by atoms with E-state index in [9.17, 15) is 5.11 Å². The lowest BCUT2D eigenvalue weighted by molar-refractivity contribution is 0.177. The van der Waals surface area contributed by atoms with E-state index in [2.05, 4.69) is 15.2 Å². The van der Waals surface area contributed by atoms with Crippen molar-refractivity contribution in [2.24, 2.45) is 0 Å². The van der Waals surface area contributed by atoms with Crippen molar-refractivity contribution in [3.05, 3.63) is 54.1 Å². The molecule has 0 aromatic carbocycles. The number of aromatic nitrogens is 3. The third-order valence-corrected chi connectivity index (χ3v) is 2.14. The molecule has 1 atom stereocenters. The van der Waals surface area contributed by atoms with Crippen molar-refractivity contribution in [2.45, 2.75) is 12.5 Å². The lowest BCUT2D eigenvalue weighted by Gasteiger charge is -2.09. The van der Waals surface area contributed by atoms with E-state index in [0.717, 1.165) is 11.1 Å². The van der Waals surface area contributed by atoms with E-state index in [1.54, 1.807) is 30.9 Å². The molecule has 0 fully saturated rings. The Balaban J connectivity index is 2.08. The molecule has 2 heterocycles. The van der Waals surface area contributed by atoms with Crippen LogP contribution >= 0.6 is 0 Å². The second-order valence-corrected chi connectivity index (χ2v) is 3.26. The normalized spacial score (nSPS) is 12.3. The topological polar surface area (TPSA) is 58.9 Å². The van der Waals surface area contributed by atoms with Crippen molar-refractivity contribution >= 4 is 0 Å². The van der Waals surface area contributed by atoms with Crippen LogP contribution in [-0.4, -0.2) is 20.3 Å². The Labute approximate surface area is 87.6 Å². The van der Waals surface area contributed by atoms with E-state index in [1.807, 2.05) is 12.1 Å². The van der Waals surface area contributed by atoms with Crippen molar-refractivity contribution in [2.75, 3.05) is 0 Å². The summed E-state index contributed by atoms with van der Waals surface area (Å²) in [6.07, 6.45) is 6.59. The summed E-state index contributed by atoms with van der Waals surface area (Å²) in [5, 5.41) is 17.3. The number of nitrogens with zero attached hydrogens (tertiary/aromatic N) is 3. The van der Waals surface area contributed by atoms with Gasteiger partial charge in [-0.2, -0.15) is 10.2 Å². The van der Waals surface area contributed by atoms with E-state index in [1.165, 1.54) is 0 Å². The molecule has 1 unspecified atom stereocenters. The van der Waals surface area contributed by atoms with Crippen molar-refractivity contribution in [1.82, 2.24) is 15.2 Å². The minimum atomic E-state index is -0.551. The highest BCUT2D eigenvalue weighted by atomic mass is 16.3. The molecule has 2 rings (SSSR count). The first-order valence-electron chi connectivity index (χ1n) is 4.70. The first-order chi connectivity index (χ1) is 7.36. The summed E-state index contributed by atoms with van der Waals surface area (Å²) >= 11 is 0. The summed E-state index contributed by atoms with van der Waals surface area (Å²) < 4.78 is 0. The summed E-state index contributed by atoms with van der Waals surface area (Å²) in [5.41, 5.74) is 1.77. The molecule has 1 N–H and O–H groups in total. The van der Waals surface area contributed by atoms with Crippen LogP contribution in [0.15, 0.2) is 43.0 Å². The van der Waals surface area contributed by atoms with Gasteiger partial charge in [-0.25, -0.2) is 0 Å². The molecule has 2 aromatic heterocycles. The molecule has 4 heteroatoms. The summed E-state index contributed by atoms with van der Waals surface area (Å²) in [5.74, 6) is 0. The van der Waals surface area contributed by atoms with Crippen LogP contribution in [0, 0.1) is 0 Å². The minimum absolute atomic E-state index is 0.541. The fourth-order valence-corrected chi connectivity index (χ4v) is 1.36. The average Bonchev–Trinajstić information content (AvgIpc) is 2.31. The van der Waals surface area contributed by atoms with Gasteiger partial charge in [-0.1, -0.05) is 6.07 Å². The molecule has 0 saturated heterocycles. The fourth-order valence-electron chi connectivity index (χ4n) is 1.36. The van der Waals surface area contributed by atoms with Crippen molar-refractivity contribution < 1.29 is 5.11 Å². The zero-order valence-electron chi connectivity index (χ0n) is 8.11. The van der Waals surface area contributed by atoms with E-state index >= 15 is 0 Å². The van der Waals surface area contributed by atoms with Gasteiger partial charge >= 0.3 is 0 Å². The molecule has 0 spiro atoms. The Morgan fingerprint density at radius 2 is 2.07 bits per heavy atom. The number of rotatable bonds is 3. The van der Waals surface area contributed by atoms with Crippen LogP contribution in [0.5, 0.6) is 0 Å². The van der Waals surface area contributed by atoms with Crippen LogP contribution < -0.4 is 0 Å². The van der Waals surface area contributed by atoms with Gasteiger partial charge in [0.1, 0.15) is 0 Å². The van der Waals surface area contributed by atoms with Gasteiger partial charge in [-0.3, -0.25) is 4.98 Å². The molecule has 0 radical (unpaired) electrons. The number of aliphatic hydroxyl groups is 1. The van der Waals surface area contributed by atoms with Gasteiger partial charge in [0.05, 0.1) is 12.3 Å². The molecule has 0 aliphatic rings. The summed E-state index contributed by atoms with van der Waals surface area (Å²) in [7, 11) is 0. The summed E-state index contributed by atoms with van der Waals surface area (Å²) in [6.45, 7) is 0. The SMILES string of the molecule is OC(Cc1cccnc1)c1ccnnc1. The van der Waals surface area contributed by atoms with Crippen LogP contribution in [0.1, 0.15) is 17.2 Å². The van der Waals surface area contributed by atoms with Gasteiger partial charge in [0.25, 0.3) is 0 Å². The third-order valence-electron chi connectivity index (χ3n) is 2.14. The zero-order chi connectivity index (χ0) is 10.5. The number of pyridine rings is 1. The van der Waals surface area contributed by atoms with Gasteiger partial charge < -0.3 is 5.11 Å². The van der Waals surface area contributed by atoms with E-state index in [0.29, 0.717) is 6.42 Å². The fraction of sp³-hybridized carbons (Fsp3) is 0.182. The Morgan fingerprint density at radius 1 is 1.13 bits per heavy atom. The largest absolute Gasteiger partial charge is 0.388 e.